The van der Waals surface area contributed by atoms with Crippen molar-refractivity contribution in [3.8, 4) is 0 Å². The quantitative estimate of drug-likeness (QED) is 0.884. The van der Waals surface area contributed by atoms with E-state index in [4.69, 9.17) is 5.73 Å². The molecule has 0 aromatic heterocycles. The molecule has 1 saturated carbocycles. The molecule has 2 atom stereocenters. The Kier molecular flexibility index (Phi) is 5.77. The number of hydrogen-bond acceptors (Lipinski definition) is 2. The first-order valence-corrected chi connectivity index (χ1v) is 8.26. The Labute approximate surface area is 128 Å². The topological polar surface area (TPSA) is 29.3 Å². The van der Waals surface area contributed by atoms with Crippen LogP contribution in [-0.4, -0.2) is 24.0 Å². The number of likely N-dealkylation sites (N-methyl/N-ethyl adjacent to an activating group) is 1. The second-order valence-electron chi connectivity index (χ2n) is 6.61. The van der Waals surface area contributed by atoms with Crippen molar-refractivity contribution < 1.29 is 4.39 Å². The first kappa shape index (κ1) is 16.4. The van der Waals surface area contributed by atoms with E-state index in [9.17, 15) is 4.39 Å². The fourth-order valence-electron chi connectivity index (χ4n) is 3.79. The molecule has 1 aliphatic carbocycles. The van der Waals surface area contributed by atoms with Crippen LogP contribution in [0.1, 0.15) is 57.6 Å². The van der Waals surface area contributed by atoms with E-state index in [1.54, 1.807) is 12.1 Å². The van der Waals surface area contributed by atoms with Crippen molar-refractivity contribution in [1.82, 2.24) is 4.90 Å². The van der Waals surface area contributed by atoms with Crippen molar-refractivity contribution >= 4 is 0 Å². The van der Waals surface area contributed by atoms with Crippen LogP contribution in [0.2, 0.25) is 0 Å². The van der Waals surface area contributed by atoms with Gasteiger partial charge in [0.1, 0.15) is 5.82 Å². The number of hydrogen-bond donors (Lipinski definition) is 1. The van der Waals surface area contributed by atoms with Crippen LogP contribution in [0.25, 0.3) is 0 Å². The van der Waals surface area contributed by atoms with E-state index >= 15 is 0 Å². The maximum atomic E-state index is 13.5. The lowest BCUT2D eigenvalue weighted by Gasteiger charge is -2.40. The molecular weight excluding hydrogens is 263 g/mol. The molecule has 2 N–H and O–H groups in total. The molecule has 0 radical (unpaired) electrons. The minimum atomic E-state index is -0.179. The maximum absolute atomic E-state index is 13.5. The van der Waals surface area contributed by atoms with Crippen LogP contribution in [0.15, 0.2) is 24.3 Å². The van der Waals surface area contributed by atoms with Gasteiger partial charge in [0, 0.05) is 18.1 Å². The van der Waals surface area contributed by atoms with E-state index in [-0.39, 0.29) is 17.9 Å². The lowest BCUT2D eigenvalue weighted by molar-refractivity contribution is 0.107. The van der Waals surface area contributed by atoms with Crippen molar-refractivity contribution in [1.29, 1.82) is 0 Å². The van der Waals surface area contributed by atoms with Gasteiger partial charge < -0.3 is 5.73 Å². The van der Waals surface area contributed by atoms with E-state index in [1.807, 2.05) is 13.0 Å². The number of nitrogens with zero attached hydrogens (tertiary/aromatic N) is 1. The Hall–Kier alpha value is -0.930. The van der Waals surface area contributed by atoms with Gasteiger partial charge in [0.25, 0.3) is 0 Å². The Morgan fingerprint density at radius 3 is 2.48 bits per heavy atom. The minimum absolute atomic E-state index is 0.0132. The molecule has 2 rings (SSSR count). The zero-order chi connectivity index (χ0) is 15.4. The van der Waals surface area contributed by atoms with Crippen LogP contribution in [0, 0.1) is 11.7 Å². The summed E-state index contributed by atoms with van der Waals surface area (Å²) < 4.78 is 13.5. The van der Waals surface area contributed by atoms with Crippen molar-refractivity contribution in [2.45, 2.75) is 64.1 Å². The van der Waals surface area contributed by atoms with Gasteiger partial charge in [0.15, 0.2) is 0 Å². The summed E-state index contributed by atoms with van der Waals surface area (Å²) in [6.07, 6.45) is 6.36. The monoisotopic (exact) mass is 292 g/mol. The van der Waals surface area contributed by atoms with Gasteiger partial charge in [-0.2, -0.15) is 0 Å². The van der Waals surface area contributed by atoms with E-state index < -0.39 is 0 Å². The average Bonchev–Trinajstić information content (AvgIpc) is 2.47. The summed E-state index contributed by atoms with van der Waals surface area (Å²) in [5.74, 6) is 0.707. The molecule has 0 heterocycles. The Balaban J connectivity index is 2.11. The van der Waals surface area contributed by atoms with Crippen molar-refractivity contribution in [3.63, 3.8) is 0 Å². The lowest BCUT2D eigenvalue weighted by atomic mass is 9.83. The molecule has 118 valence electrons. The molecule has 0 saturated heterocycles. The fourth-order valence-corrected chi connectivity index (χ4v) is 3.79. The molecular formula is C18H29FN2. The fraction of sp³-hybridized carbons (Fsp3) is 0.667. The third-order valence-corrected chi connectivity index (χ3v) is 5.10. The highest BCUT2D eigenvalue weighted by Crippen LogP contribution is 2.33. The molecule has 0 bridgehead atoms. The molecule has 0 amide bonds. The second kappa shape index (κ2) is 7.37. The number of halogens is 1. The highest BCUT2D eigenvalue weighted by atomic mass is 19.1. The van der Waals surface area contributed by atoms with E-state index in [0.717, 1.165) is 11.5 Å². The predicted octanol–water partition coefficient (Wildman–Crippen LogP) is 4.11. The summed E-state index contributed by atoms with van der Waals surface area (Å²) in [5, 5.41) is 0. The van der Waals surface area contributed by atoms with Crippen molar-refractivity contribution in [2.24, 2.45) is 11.7 Å². The van der Waals surface area contributed by atoms with E-state index in [2.05, 4.69) is 18.9 Å². The van der Waals surface area contributed by atoms with Crippen molar-refractivity contribution in [2.75, 3.05) is 7.05 Å². The van der Waals surface area contributed by atoms with Crippen LogP contribution < -0.4 is 5.73 Å². The standard InChI is InChI=1S/C18H29FN2/c1-4-14-8-10-17(11-9-14)21(3)18(13(2)20)15-6-5-7-16(19)12-15/h5-7,12-14,17-18H,4,8-11,20H2,1-3H3. The second-order valence-corrected chi connectivity index (χ2v) is 6.61. The summed E-state index contributed by atoms with van der Waals surface area (Å²) in [6, 6.07) is 7.53. The predicted molar refractivity (Wildman–Crippen MR) is 86.6 cm³/mol. The van der Waals surface area contributed by atoms with Crippen LogP contribution >= 0.6 is 0 Å². The summed E-state index contributed by atoms with van der Waals surface area (Å²) in [7, 11) is 2.15. The molecule has 1 aromatic rings. The van der Waals surface area contributed by atoms with Gasteiger partial charge in [-0.15, -0.1) is 0 Å². The summed E-state index contributed by atoms with van der Waals surface area (Å²) >= 11 is 0. The van der Waals surface area contributed by atoms with Crippen molar-refractivity contribution in [3.05, 3.63) is 35.6 Å². The van der Waals surface area contributed by atoms with Gasteiger partial charge in [-0.05, 0) is 63.3 Å². The number of nitrogens with two attached hydrogens (primary N) is 1. The molecule has 1 aromatic carbocycles. The Morgan fingerprint density at radius 2 is 1.95 bits per heavy atom. The minimum Gasteiger partial charge on any atom is -0.326 e. The largest absolute Gasteiger partial charge is 0.326 e. The molecule has 0 aliphatic heterocycles. The smallest absolute Gasteiger partial charge is 0.123 e. The van der Waals surface area contributed by atoms with Gasteiger partial charge in [0.2, 0.25) is 0 Å². The zero-order valence-corrected chi connectivity index (χ0v) is 13.6. The zero-order valence-electron chi connectivity index (χ0n) is 13.6. The molecule has 3 heteroatoms. The van der Waals surface area contributed by atoms with Gasteiger partial charge in [-0.1, -0.05) is 25.5 Å². The first-order valence-electron chi connectivity index (χ1n) is 8.26. The first-order chi connectivity index (χ1) is 10.0. The van der Waals surface area contributed by atoms with Gasteiger partial charge in [-0.25, -0.2) is 4.39 Å². The van der Waals surface area contributed by atoms with Crippen LogP contribution in [0.3, 0.4) is 0 Å². The highest BCUT2D eigenvalue weighted by Gasteiger charge is 2.30. The number of rotatable bonds is 5. The van der Waals surface area contributed by atoms with Crippen LogP contribution in [0.5, 0.6) is 0 Å². The van der Waals surface area contributed by atoms with Gasteiger partial charge in [0.05, 0.1) is 0 Å². The van der Waals surface area contributed by atoms with Gasteiger partial charge >= 0.3 is 0 Å². The summed E-state index contributed by atoms with van der Waals surface area (Å²) in [6.45, 7) is 4.30. The molecule has 1 aliphatic rings. The maximum Gasteiger partial charge on any atom is 0.123 e. The van der Waals surface area contributed by atoms with Gasteiger partial charge in [-0.3, -0.25) is 4.90 Å². The van der Waals surface area contributed by atoms with Crippen LogP contribution in [-0.2, 0) is 0 Å². The lowest BCUT2D eigenvalue weighted by Crippen LogP contribution is -2.44. The van der Waals surface area contributed by atoms with E-state index in [0.29, 0.717) is 6.04 Å². The molecule has 1 fully saturated rings. The molecule has 0 spiro atoms. The third kappa shape index (κ3) is 4.04. The highest BCUT2D eigenvalue weighted by molar-refractivity contribution is 5.22. The Morgan fingerprint density at radius 1 is 1.29 bits per heavy atom. The van der Waals surface area contributed by atoms with Crippen LogP contribution in [0.4, 0.5) is 4.39 Å². The molecule has 21 heavy (non-hydrogen) atoms. The summed E-state index contributed by atoms with van der Waals surface area (Å²) in [5.41, 5.74) is 7.21. The van der Waals surface area contributed by atoms with E-state index in [1.165, 1.54) is 38.2 Å². The number of benzene rings is 1. The normalized spacial score (nSPS) is 25.8. The Bertz CT molecular complexity index is 439. The molecule has 2 unspecified atom stereocenters. The third-order valence-electron chi connectivity index (χ3n) is 5.10. The SMILES string of the molecule is CCC1CCC(N(C)C(c2cccc(F)c2)C(C)N)CC1. The average molecular weight is 292 g/mol. The molecule has 2 nitrogen and oxygen atoms in total. The summed E-state index contributed by atoms with van der Waals surface area (Å²) in [4.78, 5) is 2.38.